The molecular weight excluding hydrogens is 208 g/mol. The van der Waals surface area contributed by atoms with Crippen LogP contribution in [0.4, 0.5) is 0 Å². The number of nitrogens with zero attached hydrogens (tertiary/aromatic N) is 2. The average molecular weight is 217 g/mol. The van der Waals surface area contributed by atoms with E-state index in [2.05, 4.69) is 6.07 Å². The van der Waals surface area contributed by atoms with Crippen LogP contribution in [0.2, 0.25) is 0 Å². The Balaban J connectivity index is 2.18. The zero-order valence-corrected chi connectivity index (χ0v) is 8.78. The molecule has 0 amide bonds. The number of benzene rings is 1. The second-order valence-electron chi connectivity index (χ2n) is 3.16. The first kappa shape index (κ1) is 9.81. The monoisotopic (exact) mass is 217 g/mol. The molecule has 0 aromatic heterocycles. The maximum atomic E-state index is 11.1. The minimum Gasteiger partial charge on any atom is -0.382 e. The van der Waals surface area contributed by atoms with Gasteiger partial charge in [0.15, 0.2) is 0 Å². The van der Waals surface area contributed by atoms with Gasteiger partial charge in [0.05, 0.1) is 17.5 Å². The Kier molecular flexibility index (Phi) is 2.75. The molecule has 15 heavy (non-hydrogen) atoms. The smallest absolute Gasteiger partial charge is 0.141 e. The summed E-state index contributed by atoms with van der Waals surface area (Å²) < 4.78 is 12.9. The third-order valence-corrected chi connectivity index (χ3v) is 2.99. The Hall–Kier alpha value is -1.73. The maximum absolute atomic E-state index is 11.1. The lowest BCUT2D eigenvalue weighted by Crippen LogP contribution is -2.06. The van der Waals surface area contributed by atoms with Crippen molar-refractivity contribution in [3.8, 4) is 6.07 Å². The van der Waals surface area contributed by atoms with Gasteiger partial charge in [-0.1, -0.05) is 18.2 Å². The molecule has 0 bridgehead atoms. The van der Waals surface area contributed by atoms with Gasteiger partial charge in [-0.05, 0) is 6.07 Å². The molecule has 0 fully saturated rings. The van der Waals surface area contributed by atoms with Crippen molar-refractivity contribution in [2.24, 2.45) is 0 Å². The number of hydrogen-bond donors (Lipinski definition) is 0. The summed E-state index contributed by atoms with van der Waals surface area (Å²) in [5.41, 5.74) is 1.61. The van der Waals surface area contributed by atoms with Crippen molar-refractivity contribution >= 4 is 17.0 Å². The predicted molar refractivity (Wildman–Crippen MR) is 57.9 cm³/mol. The predicted octanol–water partition coefficient (Wildman–Crippen LogP) is 1.18. The molecule has 1 unspecified atom stereocenters. The van der Waals surface area contributed by atoms with E-state index in [-0.39, 0.29) is 0 Å². The zero-order chi connectivity index (χ0) is 10.7. The highest BCUT2D eigenvalue weighted by Gasteiger charge is 2.06. The fraction of sp³-hybridized carbons (Fsp3) is 0.0909. The Labute approximate surface area is 91.1 Å². The Bertz CT molecular complexity index is 474. The highest BCUT2D eigenvalue weighted by Crippen LogP contribution is 2.12. The van der Waals surface area contributed by atoms with Crippen LogP contribution in [-0.2, 0) is 17.3 Å². The lowest BCUT2D eigenvalue weighted by atomic mass is 10.1. The summed E-state index contributed by atoms with van der Waals surface area (Å²) in [6.45, 7) is 0.589. The molecule has 1 heterocycles. The molecule has 0 N–H and O–H groups in total. The Morgan fingerprint density at radius 2 is 2.27 bits per heavy atom. The summed E-state index contributed by atoms with van der Waals surface area (Å²) in [6.07, 6.45) is 1.77. The molecule has 1 aliphatic heterocycles. The van der Waals surface area contributed by atoms with Crippen LogP contribution < -0.4 is 0 Å². The number of hydrogen-bond acceptors (Lipinski definition) is 2. The molecule has 1 aromatic rings. The van der Waals surface area contributed by atoms with Crippen LogP contribution in [-0.4, -0.2) is 15.0 Å². The fourth-order valence-corrected chi connectivity index (χ4v) is 2.15. The van der Waals surface area contributed by atoms with Crippen molar-refractivity contribution in [2.75, 3.05) is 0 Å². The number of rotatable bonds is 2. The molecular formula is C11H9N2OS-. The summed E-state index contributed by atoms with van der Waals surface area (Å²) in [5.74, 6) is 3.25. The minimum absolute atomic E-state index is 0.589. The maximum Gasteiger partial charge on any atom is 0.141 e. The van der Waals surface area contributed by atoms with Gasteiger partial charge in [0.25, 0.3) is 0 Å². The molecule has 1 aromatic carbocycles. The molecule has 0 saturated carbocycles. The molecule has 4 heteroatoms. The SMILES string of the molecule is N#Cc1ccccc1C[N+]1=C[CH-]S(=O)[CH-]1. The third kappa shape index (κ3) is 2.20. The van der Waals surface area contributed by atoms with Gasteiger partial charge >= 0.3 is 0 Å². The van der Waals surface area contributed by atoms with Crippen LogP contribution in [0.5, 0.6) is 0 Å². The van der Waals surface area contributed by atoms with Crippen LogP contribution in [0.1, 0.15) is 11.1 Å². The lowest BCUT2D eigenvalue weighted by molar-refractivity contribution is -0.482. The quantitative estimate of drug-likeness (QED) is 0.551. The molecule has 0 saturated heterocycles. The third-order valence-electron chi connectivity index (χ3n) is 2.12. The van der Waals surface area contributed by atoms with Gasteiger partial charge in [-0.3, -0.25) is 0 Å². The molecule has 3 nitrogen and oxygen atoms in total. The Morgan fingerprint density at radius 3 is 2.93 bits per heavy atom. The van der Waals surface area contributed by atoms with E-state index in [4.69, 9.17) is 5.26 Å². The summed E-state index contributed by atoms with van der Waals surface area (Å²) in [7, 11) is -0.998. The van der Waals surface area contributed by atoms with Crippen molar-refractivity contribution in [1.29, 1.82) is 5.26 Å². The van der Waals surface area contributed by atoms with Crippen LogP contribution in [0.15, 0.2) is 24.3 Å². The van der Waals surface area contributed by atoms with Gasteiger partial charge in [-0.15, -0.1) is 17.0 Å². The topological polar surface area (TPSA) is 43.9 Å². The zero-order valence-electron chi connectivity index (χ0n) is 7.96. The minimum atomic E-state index is -0.998. The lowest BCUT2D eigenvalue weighted by Gasteiger charge is -2.07. The Morgan fingerprint density at radius 1 is 1.47 bits per heavy atom. The summed E-state index contributed by atoms with van der Waals surface area (Å²) in [5, 5.41) is 8.89. The van der Waals surface area contributed by atoms with E-state index >= 15 is 0 Å². The van der Waals surface area contributed by atoms with E-state index in [0.717, 1.165) is 5.56 Å². The van der Waals surface area contributed by atoms with E-state index in [1.807, 2.05) is 22.8 Å². The average Bonchev–Trinajstić information content (AvgIpc) is 2.65. The van der Waals surface area contributed by atoms with Crippen molar-refractivity contribution in [1.82, 2.24) is 0 Å². The first-order chi connectivity index (χ1) is 7.29. The molecule has 0 radical (unpaired) electrons. The first-order valence-corrected chi connectivity index (χ1v) is 5.73. The van der Waals surface area contributed by atoms with Crippen LogP contribution in [0.25, 0.3) is 0 Å². The van der Waals surface area contributed by atoms with Crippen molar-refractivity contribution in [3.63, 3.8) is 0 Å². The standard InChI is InChI=1S/C11H9N2OS/c12-7-10-3-1-2-4-11(10)8-13-5-6-15(14)9-13/h1-6,9H,8H2/q-1. The first-order valence-electron chi connectivity index (χ1n) is 4.46. The van der Waals surface area contributed by atoms with Gasteiger partial charge in [0.2, 0.25) is 0 Å². The number of nitriles is 1. The fourth-order valence-electron chi connectivity index (χ4n) is 1.40. The summed E-state index contributed by atoms with van der Waals surface area (Å²) in [6, 6.07) is 9.56. The largest absolute Gasteiger partial charge is 0.382 e. The second-order valence-corrected chi connectivity index (χ2v) is 4.30. The highest BCUT2D eigenvalue weighted by molar-refractivity contribution is 7.89. The second kappa shape index (κ2) is 4.20. The van der Waals surface area contributed by atoms with E-state index in [1.54, 1.807) is 23.9 Å². The molecule has 1 atom stereocenters. The van der Waals surface area contributed by atoms with Gasteiger partial charge < -0.3 is 14.5 Å². The molecule has 1 aliphatic rings. The van der Waals surface area contributed by atoms with E-state index < -0.39 is 10.8 Å². The molecule has 0 spiro atoms. The van der Waals surface area contributed by atoms with E-state index in [0.29, 0.717) is 12.1 Å². The van der Waals surface area contributed by atoms with Crippen LogP contribution in [0.3, 0.4) is 0 Å². The molecule has 0 aliphatic carbocycles. The summed E-state index contributed by atoms with van der Waals surface area (Å²) in [4.78, 5) is 0. The van der Waals surface area contributed by atoms with Crippen LogP contribution >= 0.6 is 0 Å². The van der Waals surface area contributed by atoms with Gasteiger partial charge in [-0.25, -0.2) is 0 Å². The normalized spacial score (nSPS) is 18.6. The van der Waals surface area contributed by atoms with Crippen molar-refractivity contribution < 1.29 is 8.78 Å². The van der Waals surface area contributed by atoms with Gasteiger partial charge in [0, 0.05) is 5.56 Å². The van der Waals surface area contributed by atoms with Crippen LogP contribution in [0, 0.1) is 23.0 Å². The van der Waals surface area contributed by atoms with E-state index in [1.165, 1.54) is 0 Å². The summed E-state index contributed by atoms with van der Waals surface area (Å²) >= 11 is 0. The van der Waals surface area contributed by atoms with Gasteiger partial charge in [0.1, 0.15) is 6.54 Å². The van der Waals surface area contributed by atoms with Crippen molar-refractivity contribution in [3.05, 3.63) is 47.0 Å². The molecule has 2 rings (SSSR count). The van der Waals surface area contributed by atoms with Crippen molar-refractivity contribution in [2.45, 2.75) is 6.54 Å². The van der Waals surface area contributed by atoms with Gasteiger partial charge in [-0.2, -0.15) is 5.26 Å². The van der Waals surface area contributed by atoms with E-state index in [9.17, 15) is 4.21 Å². The molecule has 76 valence electrons. The highest BCUT2D eigenvalue weighted by atomic mass is 32.2.